The first-order valence-electron chi connectivity index (χ1n) is 9.47. The Balaban J connectivity index is 1.81. The number of rotatable bonds is 9. The lowest BCUT2D eigenvalue weighted by Crippen LogP contribution is -2.47. The minimum Gasteiger partial charge on any atom is -0.494 e. The number of amides is 1. The first-order valence-corrected chi connectivity index (χ1v) is 11.1. The summed E-state index contributed by atoms with van der Waals surface area (Å²) in [6.07, 6.45) is 4.00. The van der Waals surface area contributed by atoms with Crippen molar-refractivity contribution in [1.82, 2.24) is 9.62 Å². The van der Waals surface area contributed by atoms with Crippen molar-refractivity contribution in [2.75, 3.05) is 25.4 Å². The van der Waals surface area contributed by atoms with Gasteiger partial charge in [-0.3, -0.25) is 4.79 Å². The summed E-state index contributed by atoms with van der Waals surface area (Å²) in [7, 11) is -3.15. The van der Waals surface area contributed by atoms with Gasteiger partial charge in [0.05, 0.1) is 12.4 Å². The van der Waals surface area contributed by atoms with Crippen molar-refractivity contribution < 1.29 is 17.9 Å². The summed E-state index contributed by atoms with van der Waals surface area (Å²) >= 11 is 0. The molecule has 0 saturated carbocycles. The molecule has 0 aliphatic carbocycles. The van der Waals surface area contributed by atoms with Gasteiger partial charge in [0, 0.05) is 24.7 Å². The van der Waals surface area contributed by atoms with Gasteiger partial charge in [0.2, 0.25) is 10.0 Å². The molecule has 26 heavy (non-hydrogen) atoms. The number of hydrogen-bond donors (Lipinski definition) is 1. The van der Waals surface area contributed by atoms with Crippen molar-refractivity contribution >= 4 is 15.9 Å². The summed E-state index contributed by atoms with van der Waals surface area (Å²) in [5.41, 5.74) is 0.592. The molecule has 0 aromatic heterocycles. The SMILES string of the molecule is CCCCOc1ccc(C(=O)NC2CCN(S(=O)(=O)CCC)CC2)cc1. The average Bonchev–Trinajstić information content (AvgIpc) is 2.63. The van der Waals surface area contributed by atoms with Gasteiger partial charge in [-0.15, -0.1) is 0 Å². The Labute approximate surface area is 157 Å². The van der Waals surface area contributed by atoms with E-state index in [1.807, 2.05) is 19.1 Å². The molecule has 0 spiro atoms. The zero-order valence-electron chi connectivity index (χ0n) is 15.7. The zero-order valence-corrected chi connectivity index (χ0v) is 16.6. The molecule has 6 nitrogen and oxygen atoms in total. The Morgan fingerprint density at radius 3 is 2.38 bits per heavy atom. The van der Waals surface area contributed by atoms with Gasteiger partial charge < -0.3 is 10.1 Å². The number of hydrogen-bond acceptors (Lipinski definition) is 4. The van der Waals surface area contributed by atoms with Crippen LogP contribution in [0.3, 0.4) is 0 Å². The monoisotopic (exact) mass is 382 g/mol. The predicted molar refractivity (Wildman–Crippen MR) is 103 cm³/mol. The van der Waals surface area contributed by atoms with Crippen molar-refractivity contribution in [2.24, 2.45) is 0 Å². The number of unbranched alkanes of at least 4 members (excludes halogenated alkanes) is 1. The van der Waals surface area contributed by atoms with E-state index in [1.165, 1.54) is 0 Å². The molecule has 1 fully saturated rings. The van der Waals surface area contributed by atoms with Gasteiger partial charge in [-0.25, -0.2) is 12.7 Å². The summed E-state index contributed by atoms with van der Waals surface area (Å²) in [6.45, 7) is 5.60. The molecule has 1 amide bonds. The quantitative estimate of drug-likeness (QED) is 0.667. The number of benzene rings is 1. The lowest BCUT2D eigenvalue weighted by atomic mass is 10.1. The molecular formula is C19H30N2O4S. The highest BCUT2D eigenvalue weighted by molar-refractivity contribution is 7.89. The molecule has 2 rings (SSSR count). The number of carbonyl (C=O) groups excluding carboxylic acids is 1. The highest BCUT2D eigenvalue weighted by Gasteiger charge is 2.28. The normalized spacial score (nSPS) is 16.4. The van der Waals surface area contributed by atoms with Gasteiger partial charge in [-0.2, -0.15) is 0 Å². The second-order valence-corrected chi connectivity index (χ2v) is 8.78. The van der Waals surface area contributed by atoms with Crippen molar-refractivity contribution in [3.63, 3.8) is 0 Å². The smallest absolute Gasteiger partial charge is 0.251 e. The summed E-state index contributed by atoms with van der Waals surface area (Å²) in [5.74, 6) is 0.834. The van der Waals surface area contributed by atoms with Gasteiger partial charge in [0.1, 0.15) is 5.75 Å². The van der Waals surface area contributed by atoms with E-state index in [4.69, 9.17) is 4.74 Å². The molecule has 0 bridgehead atoms. The van der Waals surface area contributed by atoms with Gasteiger partial charge >= 0.3 is 0 Å². The molecule has 0 unspecified atom stereocenters. The third-order valence-corrected chi connectivity index (χ3v) is 6.60. The van der Waals surface area contributed by atoms with Crippen LogP contribution in [0.15, 0.2) is 24.3 Å². The van der Waals surface area contributed by atoms with E-state index < -0.39 is 10.0 Å². The average molecular weight is 383 g/mol. The summed E-state index contributed by atoms with van der Waals surface area (Å²) in [6, 6.07) is 7.15. The Bertz CT molecular complexity index is 665. The van der Waals surface area contributed by atoms with Gasteiger partial charge in [-0.05, 0) is 49.9 Å². The van der Waals surface area contributed by atoms with Crippen LogP contribution in [0.25, 0.3) is 0 Å². The number of carbonyl (C=O) groups is 1. The van der Waals surface area contributed by atoms with Gasteiger partial charge in [0.25, 0.3) is 5.91 Å². The van der Waals surface area contributed by atoms with Crippen molar-refractivity contribution in [1.29, 1.82) is 0 Å². The van der Waals surface area contributed by atoms with E-state index in [1.54, 1.807) is 16.4 Å². The van der Waals surface area contributed by atoms with Gasteiger partial charge in [-0.1, -0.05) is 20.3 Å². The standard InChI is InChI=1S/C19H30N2O4S/c1-3-5-14-25-18-8-6-16(7-9-18)19(22)20-17-10-12-21(13-11-17)26(23,24)15-4-2/h6-9,17H,3-5,10-15H2,1-2H3,(H,20,22). The molecule has 1 aliphatic heterocycles. The molecule has 1 N–H and O–H groups in total. The van der Waals surface area contributed by atoms with Crippen molar-refractivity contribution in [3.05, 3.63) is 29.8 Å². The minimum atomic E-state index is -3.15. The molecule has 0 atom stereocenters. The van der Waals surface area contributed by atoms with Crippen LogP contribution in [0.5, 0.6) is 5.75 Å². The topological polar surface area (TPSA) is 75.7 Å². The Morgan fingerprint density at radius 1 is 1.15 bits per heavy atom. The van der Waals surface area contributed by atoms with Gasteiger partial charge in [0.15, 0.2) is 0 Å². The number of ether oxygens (including phenoxy) is 1. The second-order valence-electron chi connectivity index (χ2n) is 6.69. The van der Waals surface area contributed by atoms with E-state index in [2.05, 4.69) is 12.2 Å². The maximum Gasteiger partial charge on any atom is 0.251 e. The van der Waals surface area contributed by atoms with Crippen molar-refractivity contribution in [2.45, 2.75) is 52.0 Å². The van der Waals surface area contributed by atoms with Crippen LogP contribution >= 0.6 is 0 Å². The molecule has 1 aliphatic rings. The molecule has 1 aromatic rings. The largest absolute Gasteiger partial charge is 0.494 e. The van der Waals surface area contributed by atoms with E-state index in [-0.39, 0.29) is 17.7 Å². The fourth-order valence-corrected chi connectivity index (χ4v) is 4.51. The Hall–Kier alpha value is -1.60. The first kappa shape index (κ1) is 20.7. The number of piperidine rings is 1. The van der Waals surface area contributed by atoms with Crippen LogP contribution in [0.2, 0.25) is 0 Å². The van der Waals surface area contributed by atoms with E-state index in [0.29, 0.717) is 44.5 Å². The van der Waals surface area contributed by atoms with Crippen LogP contribution in [-0.2, 0) is 10.0 Å². The summed E-state index contributed by atoms with van der Waals surface area (Å²) in [4.78, 5) is 12.4. The molecule has 0 radical (unpaired) electrons. The van der Waals surface area contributed by atoms with Crippen LogP contribution in [0.1, 0.15) is 56.3 Å². The maximum atomic E-state index is 12.4. The summed E-state index contributed by atoms with van der Waals surface area (Å²) < 4.78 is 31.3. The molecule has 1 heterocycles. The molecule has 1 saturated heterocycles. The second kappa shape index (κ2) is 9.92. The summed E-state index contributed by atoms with van der Waals surface area (Å²) in [5, 5.41) is 3.01. The third-order valence-electron chi connectivity index (χ3n) is 4.53. The molecular weight excluding hydrogens is 352 g/mol. The van der Waals surface area contributed by atoms with Crippen LogP contribution in [-0.4, -0.2) is 50.1 Å². The Morgan fingerprint density at radius 2 is 1.81 bits per heavy atom. The highest BCUT2D eigenvalue weighted by atomic mass is 32.2. The lowest BCUT2D eigenvalue weighted by molar-refractivity contribution is 0.0924. The fourth-order valence-electron chi connectivity index (χ4n) is 2.97. The Kier molecular flexibility index (Phi) is 7.90. The molecule has 1 aromatic carbocycles. The van der Waals surface area contributed by atoms with E-state index in [9.17, 15) is 13.2 Å². The lowest BCUT2D eigenvalue weighted by Gasteiger charge is -2.31. The third kappa shape index (κ3) is 5.99. The number of nitrogens with one attached hydrogen (secondary N) is 1. The van der Waals surface area contributed by atoms with Crippen molar-refractivity contribution in [3.8, 4) is 5.75 Å². The maximum absolute atomic E-state index is 12.4. The van der Waals surface area contributed by atoms with Crippen LogP contribution in [0, 0.1) is 0 Å². The number of sulfonamides is 1. The highest BCUT2D eigenvalue weighted by Crippen LogP contribution is 2.17. The van der Waals surface area contributed by atoms with Crippen LogP contribution < -0.4 is 10.1 Å². The zero-order chi connectivity index (χ0) is 19.0. The first-order chi connectivity index (χ1) is 12.5. The van der Waals surface area contributed by atoms with Crippen LogP contribution in [0.4, 0.5) is 0 Å². The van der Waals surface area contributed by atoms with E-state index >= 15 is 0 Å². The van der Waals surface area contributed by atoms with E-state index in [0.717, 1.165) is 18.6 Å². The molecule has 146 valence electrons. The predicted octanol–water partition coefficient (Wildman–Crippen LogP) is 2.80. The minimum absolute atomic E-state index is 0.0102. The number of nitrogens with zero attached hydrogens (tertiary/aromatic N) is 1. The fraction of sp³-hybridized carbons (Fsp3) is 0.632. The molecule has 7 heteroatoms.